The molecule has 50 heavy (non-hydrogen) atoms. The number of ether oxygens (including phenoxy) is 2. The van der Waals surface area contributed by atoms with E-state index in [9.17, 15) is 14.4 Å². The van der Waals surface area contributed by atoms with E-state index in [0.29, 0.717) is 51.4 Å². The van der Waals surface area contributed by atoms with E-state index >= 15 is 0 Å². The number of amides is 2. The van der Waals surface area contributed by atoms with Crippen LogP contribution in [0.3, 0.4) is 0 Å². The molecule has 2 amide bonds. The summed E-state index contributed by atoms with van der Waals surface area (Å²) in [7, 11) is 0. The molecule has 6 aromatic carbocycles. The Balaban J connectivity index is 1.04. The first-order chi connectivity index (χ1) is 24.5. The molecule has 0 aromatic heterocycles. The van der Waals surface area contributed by atoms with Crippen LogP contribution in [0.1, 0.15) is 56.8 Å². The number of hydrogen-bond donors (Lipinski definition) is 0. The van der Waals surface area contributed by atoms with Gasteiger partial charge >= 0.3 is 5.97 Å². The van der Waals surface area contributed by atoms with E-state index in [1.165, 1.54) is 30.6 Å². The summed E-state index contributed by atoms with van der Waals surface area (Å²) >= 11 is 0. The standard InChI is InChI=1S/C43H34N2O5/c46-41-38-17-9-12-31-26-37(27-39(40(31)38)42(47)45(41)35-22-24-36(25-23-35)49-28-29-10-7-8-11-29)50-43(48)30-18-20-34(21-19-30)44(32-13-3-1-4-14-32)33-15-5-2-6-16-33/h1-6,9,12-27,29H,7-8,10-11,28H2. The monoisotopic (exact) mass is 658 g/mol. The van der Waals surface area contributed by atoms with Crippen molar-refractivity contribution in [2.75, 3.05) is 16.4 Å². The van der Waals surface area contributed by atoms with Gasteiger partial charge in [-0.25, -0.2) is 9.69 Å². The van der Waals surface area contributed by atoms with Crippen molar-refractivity contribution < 1.29 is 23.9 Å². The molecule has 1 aliphatic carbocycles. The fraction of sp³-hybridized carbons (Fsp3) is 0.140. The third kappa shape index (κ3) is 5.98. The predicted octanol–water partition coefficient (Wildman–Crippen LogP) is 9.90. The van der Waals surface area contributed by atoms with E-state index in [1.54, 1.807) is 60.7 Å². The summed E-state index contributed by atoms with van der Waals surface area (Å²) in [4.78, 5) is 44.4. The van der Waals surface area contributed by atoms with Crippen LogP contribution in [0.25, 0.3) is 10.8 Å². The van der Waals surface area contributed by atoms with Gasteiger partial charge in [-0.3, -0.25) is 9.59 Å². The Hall–Kier alpha value is -6.21. The van der Waals surface area contributed by atoms with Gasteiger partial charge in [0.05, 0.1) is 23.4 Å². The fourth-order valence-corrected chi connectivity index (χ4v) is 6.97. The van der Waals surface area contributed by atoms with Gasteiger partial charge in [-0.1, -0.05) is 61.4 Å². The van der Waals surface area contributed by atoms with Gasteiger partial charge in [-0.05, 0) is 115 Å². The Kier molecular flexibility index (Phi) is 8.30. The number of nitrogens with zero attached hydrogens (tertiary/aromatic N) is 2. The minimum absolute atomic E-state index is 0.215. The lowest BCUT2D eigenvalue weighted by Crippen LogP contribution is -2.40. The van der Waals surface area contributed by atoms with Crippen molar-refractivity contribution in [3.8, 4) is 11.5 Å². The Morgan fingerprint density at radius 1 is 0.640 bits per heavy atom. The molecule has 0 saturated heterocycles. The van der Waals surface area contributed by atoms with Gasteiger partial charge in [0.2, 0.25) is 0 Å². The molecule has 1 fully saturated rings. The maximum absolute atomic E-state index is 14.0. The van der Waals surface area contributed by atoms with Crippen LogP contribution in [0.15, 0.2) is 140 Å². The molecule has 0 radical (unpaired) electrons. The van der Waals surface area contributed by atoms with Gasteiger partial charge < -0.3 is 14.4 Å². The average molecular weight is 659 g/mol. The number of esters is 1. The van der Waals surface area contributed by atoms with Crippen molar-refractivity contribution in [2.45, 2.75) is 25.7 Å². The van der Waals surface area contributed by atoms with E-state index in [4.69, 9.17) is 9.47 Å². The highest BCUT2D eigenvalue weighted by atomic mass is 16.5. The van der Waals surface area contributed by atoms with Gasteiger partial charge in [-0.15, -0.1) is 0 Å². The van der Waals surface area contributed by atoms with Gasteiger partial charge in [0, 0.05) is 28.0 Å². The lowest BCUT2D eigenvalue weighted by Gasteiger charge is -2.27. The van der Waals surface area contributed by atoms with E-state index < -0.39 is 17.8 Å². The van der Waals surface area contributed by atoms with E-state index in [0.717, 1.165) is 17.1 Å². The second kappa shape index (κ2) is 13.4. The maximum Gasteiger partial charge on any atom is 0.343 e. The van der Waals surface area contributed by atoms with Crippen LogP contribution in [0.2, 0.25) is 0 Å². The largest absolute Gasteiger partial charge is 0.493 e. The first kappa shape index (κ1) is 31.1. The number of anilines is 4. The van der Waals surface area contributed by atoms with Crippen molar-refractivity contribution in [3.05, 3.63) is 156 Å². The van der Waals surface area contributed by atoms with Crippen LogP contribution >= 0.6 is 0 Å². The first-order valence-electron chi connectivity index (χ1n) is 16.9. The zero-order valence-corrected chi connectivity index (χ0v) is 27.3. The second-order valence-electron chi connectivity index (χ2n) is 12.7. The molecule has 1 aliphatic heterocycles. The van der Waals surface area contributed by atoms with E-state index in [-0.39, 0.29) is 5.75 Å². The molecule has 2 aliphatic rings. The Morgan fingerprint density at radius 2 is 1.26 bits per heavy atom. The third-order valence-corrected chi connectivity index (χ3v) is 9.47. The highest BCUT2D eigenvalue weighted by molar-refractivity contribution is 6.36. The van der Waals surface area contributed by atoms with E-state index in [2.05, 4.69) is 4.90 Å². The lowest BCUT2D eigenvalue weighted by molar-refractivity contribution is 0.0732. The normalized spacial score (nSPS) is 14.2. The molecule has 0 spiro atoms. The molecule has 7 heteroatoms. The van der Waals surface area contributed by atoms with Crippen LogP contribution in [-0.4, -0.2) is 24.4 Å². The number of rotatable bonds is 9. The van der Waals surface area contributed by atoms with Gasteiger partial charge in [0.1, 0.15) is 11.5 Å². The molecule has 1 heterocycles. The zero-order valence-electron chi connectivity index (χ0n) is 27.3. The molecular weight excluding hydrogens is 624 g/mol. The van der Waals surface area contributed by atoms with Crippen LogP contribution < -0.4 is 19.3 Å². The summed E-state index contributed by atoms with van der Waals surface area (Å²) in [6, 6.07) is 42.8. The molecule has 0 unspecified atom stereocenters. The Labute approximate surface area is 290 Å². The predicted molar refractivity (Wildman–Crippen MR) is 195 cm³/mol. The summed E-state index contributed by atoms with van der Waals surface area (Å²) in [6.07, 6.45) is 4.87. The minimum atomic E-state index is -0.561. The quantitative estimate of drug-likeness (QED) is 0.0875. The second-order valence-corrected chi connectivity index (χ2v) is 12.7. The molecule has 0 atom stereocenters. The third-order valence-electron chi connectivity index (χ3n) is 9.47. The number of carbonyl (C=O) groups excluding carboxylic acids is 3. The fourth-order valence-electron chi connectivity index (χ4n) is 6.97. The molecule has 0 N–H and O–H groups in total. The molecule has 7 nitrogen and oxygen atoms in total. The summed E-state index contributed by atoms with van der Waals surface area (Å²) in [6.45, 7) is 0.668. The summed E-state index contributed by atoms with van der Waals surface area (Å²) < 4.78 is 11.9. The number of benzene rings is 6. The smallest absolute Gasteiger partial charge is 0.343 e. The SMILES string of the molecule is O=C(Oc1cc2c3c(cccc3c1)C(=O)N(c1ccc(OCC3CCCC3)cc1)C2=O)c1ccc(N(c2ccccc2)c2ccccc2)cc1. The van der Waals surface area contributed by atoms with Crippen molar-refractivity contribution in [3.63, 3.8) is 0 Å². The summed E-state index contributed by atoms with van der Waals surface area (Å²) in [5.41, 5.74) is 4.35. The first-order valence-corrected chi connectivity index (χ1v) is 16.9. The number of carbonyl (C=O) groups is 3. The maximum atomic E-state index is 14.0. The van der Waals surface area contributed by atoms with E-state index in [1.807, 2.05) is 78.9 Å². The molecule has 0 bridgehead atoms. The van der Waals surface area contributed by atoms with Crippen molar-refractivity contribution in [1.82, 2.24) is 0 Å². The molecule has 1 saturated carbocycles. The highest BCUT2D eigenvalue weighted by Gasteiger charge is 2.35. The van der Waals surface area contributed by atoms with Gasteiger partial charge in [-0.2, -0.15) is 0 Å². The van der Waals surface area contributed by atoms with Crippen LogP contribution in [0.4, 0.5) is 22.7 Å². The Bertz CT molecular complexity index is 2150. The van der Waals surface area contributed by atoms with Crippen LogP contribution in [0, 0.1) is 5.92 Å². The van der Waals surface area contributed by atoms with Crippen LogP contribution in [-0.2, 0) is 0 Å². The summed E-state index contributed by atoms with van der Waals surface area (Å²) in [5, 5.41) is 1.18. The molecule has 246 valence electrons. The zero-order chi connectivity index (χ0) is 34.0. The minimum Gasteiger partial charge on any atom is -0.493 e. The summed E-state index contributed by atoms with van der Waals surface area (Å²) in [5.74, 6) is 0.0429. The van der Waals surface area contributed by atoms with Crippen molar-refractivity contribution >= 4 is 51.3 Å². The topological polar surface area (TPSA) is 76.1 Å². The van der Waals surface area contributed by atoms with Crippen molar-refractivity contribution in [2.24, 2.45) is 5.92 Å². The van der Waals surface area contributed by atoms with Crippen molar-refractivity contribution in [1.29, 1.82) is 0 Å². The van der Waals surface area contributed by atoms with Gasteiger partial charge in [0.15, 0.2) is 0 Å². The lowest BCUT2D eigenvalue weighted by atomic mass is 9.93. The van der Waals surface area contributed by atoms with Gasteiger partial charge in [0.25, 0.3) is 11.8 Å². The highest BCUT2D eigenvalue weighted by Crippen LogP contribution is 2.37. The van der Waals surface area contributed by atoms with Crippen LogP contribution in [0.5, 0.6) is 11.5 Å². The Morgan fingerprint density at radius 3 is 1.92 bits per heavy atom. The average Bonchev–Trinajstić information content (AvgIpc) is 3.69. The number of imide groups is 1. The molecule has 8 rings (SSSR count). The number of para-hydroxylation sites is 2. The molecule has 6 aromatic rings. The molecular formula is C43H34N2O5. The number of hydrogen-bond acceptors (Lipinski definition) is 6.